The van der Waals surface area contributed by atoms with Crippen molar-refractivity contribution in [2.45, 2.75) is 13.0 Å². The van der Waals surface area contributed by atoms with E-state index in [0.29, 0.717) is 0 Å². The molecule has 82 valence electrons. The second-order valence-electron chi connectivity index (χ2n) is 3.34. The molecule has 0 saturated heterocycles. The molecule has 0 aliphatic rings. The third-order valence-corrected chi connectivity index (χ3v) is 2.79. The Kier molecular flexibility index (Phi) is 3.46. The van der Waals surface area contributed by atoms with Gasteiger partial charge in [0, 0.05) is 18.6 Å². The van der Waals surface area contributed by atoms with Gasteiger partial charge in [-0.15, -0.1) is 0 Å². The third-order valence-electron chi connectivity index (χ3n) is 2.16. The highest BCUT2D eigenvalue weighted by molar-refractivity contribution is 9.10. The maximum Gasteiger partial charge on any atom is 0.129 e. The van der Waals surface area contributed by atoms with Crippen LogP contribution >= 0.6 is 15.9 Å². The predicted molar refractivity (Wildman–Crippen MR) is 66.0 cm³/mol. The topological polar surface area (TPSA) is 50.7 Å². The molecule has 1 unspecified atom stereocenters. The van der Waals surface area contributed by atoms with Crippen LogP contribution in [0.1, 0.15) is 18.7 Å². The summed E-state index contributed by atoms with van der Waals surface area (Å²) in [4.78, 5) is 12.4. The van der Waals surface area contributed by atoms with Crippen LogP contribution in [0.25, 0.3) is 0 Å². The lowest BCUT2D eigenvalue weighted by atomic mass is 10.2. The number of pyridine rings is 1. The van der Waals surface area contributed by atoms with Crippen LogP contribution in [0.4, 0.5) is 5.69 Å². The van der Waals surface area contributed by atoms with Gasteiger partial charge in [0.05, 0.1) is 23.6 Å². The van der Waals surface area contributed by atoms with Crippen molar-refractivity contribution in [3.63, 3.8) is 0 Å². The second-order valence-corrected chi connectivity index (χ2v) is 4.09. The highest BCUT2D eigenvalue weighted by Gasteiger charge is 2.08. The molecule has 0 aromatic carbocycles. The summed E-state index contributed by atoms with van der Waals surface area (Å²) in [6.45, 7) is 2.03. The van der Waals surface area contributed by atoms with E-state index in [9.17, 15) is 0 Å². The standard InChI is InChI=1S/C11H11BrN4/c1-8(10-7-13-5-6-14-10)16-9-3-2-4-15-11(9)12/h2-8,16H,1H3. The van der Waals surface area contributed by atoms with Gasteiger partial charge in [-0.25, -0.2) is 4.98 Å². The first-order valence-electron chi connectivity index (χ1n) is 4.90. The summed E-state index contributed by atoms with van der Waals surface area (Å²) in [5.74, 6) is 0. The van der Waals surface area contributed by atoms with Crippen molar-refractivity contribution < 1.29 is 0 Å². The summed E-state index contributed by atoms with van der Waals surface area (Å²) in [6.07, 6.45) is 6.84. The van der Waals surface area contributed by atoms with Gasteiger partial charge in [-0.1, -0.05) is 0 Å². The van der Waals surface area contributed by atoms with Crippen molar-refractivity contribution in [2.75, 3.05) is 5.32 Å². The number of rotatable bonds is 3. The van der Waals surface area contributed by atoms with Crippen LogP contribution in [0.3, 0.4) is 0 Å². The summed E-state index contributed by atoms with van der Waals surface area (Å²) in [7, 11) is 0. The minimum absolute atomic E-state index is 0.0919. The molecule has 1 atom stereocenters. The molecule has 5 heteroatoms. The summed E-state index contributed by atoms with van der Waals surface area (Å²) >= 11 is 3.39. The quantitative estimate of drug-likeness (QED) is 0.878. The summed E-state index contributed by atoms with van der Waals surface area (Å²) < 4.78 is 0.797. The molecular formula is C11H11BrN4. The molecule has 2 rings (SSSR count). The zero-order chi connectivity index (χ0) is 11.4. The van der Waals surface area contributed by atoms with E-state index in [1.54, 1.807) is 24.8 Å². The van der Waals surface area contributed by atoms with Crippen molar-refractivity contribution in [3.8, 4) is 0 Å². The average molecular weight is 279 g/mol. The largest absolute Gasteiger partial charge is 0.375 e. The van der Waals surface area contributed by atoms with Crippen molar-refractivity contribution in [1.29, 1.82) is 0 Å². The fraction of sp³-hybridized carbons (Fsp3) is 0.182. The summed E-state index contributed by atoms with van der Waals surface area (Å²) in [5.41, 5.74) is 1.85. The molecule has 4 nitrogen and oxygen atoms in total. The molecule has 16 heavy (non-hydrogen) atoms. The van der Waals surface area contributed by atoms with E-state index in [-0.39, 0.29) is 6.04 Å². The Hall–Kier alpha value is -1.49. The van der Waals surface area contributed by atoms with Gasteiger partial charge in [0.1, 0.15) is 4.60 Å². The van der Waals surface area contributed by atoms with Crippen LogP contribution < -0.4 is 5.32 Å². The molecule has 0 saturated carbocycles. The molecule has 2 heterocycles. The minimum Gasteiger partial charge on any atom is -0.375 e. The number of hydrogen-bond donors (Lipinski definition) is 1. The molecule has 0 fully saturated rings. The number of nitrogens with one attached hydrogen (secondary N) is 1. The molecule has 0 aliphatic carbocycles. The molecule has 0 amide bonds. The van der Waals surface area contributed by atoms with Crippen molar-refractivity contribution >= 4 is 21.6 Å². The molecule has 2 aromatic rings. The van der Waals surface area contributed by atoms with E-state index in [4.69, 9.17) is 0 Å². The third kappa shape index (κ3) is 2.55. The number of anilines is 1. The fourth-order valence-electron chi connectivity index (χ4n) is 1.34. The molecule has 0 bridgehead atoms. The van der Waals surface area contributed by atoms with E-state index in [2.05, 4.69) is 36.2 Å². The minimum atomic E-state index is 0.0919. The van der Waals surface area contributed by atoms with Gasteiger partial charge in [-0.05, 0) is 35.0 Å². The first kappa shape index (κ1) is 11.0. The predicted octanol–water partition coefficient (Wildman–Crippen LogP) is 2.81. The number of halogens is 1. The highest BCUT2D eigenvalue weighted by atomic mass is 79.9. The SMILES string of the molecule is CC(Nc1cccnc1Br)c1cnccn1. The van der Waals surface area contributed by atoms with E-state index < -0.39 is 0 Å². The van der Waals surface area contributed by atoms with Gasteiger partial charge >= 0.3 is 0 Å². The van der Waals surface area contributed by atoms with Crippen LogP contribution in [-0.2, 0) is 0 Å². The first-order chi connectivity index (χ1) is 7.77. The lowest BCUT2D eigenvalue weighted by molar-refractivity contribution is 0.825. The summed E-state index contributed by atoms with van der Waals surface area (Å²) in [5, 5.41) is 3.31. The van der Waals surface area contributed by atoms with Gasteiger partial charge in [0.25, 0.3) is 0 Å². The van der Waals surface area contributed by atoms with Crippen LogP contribution in [0.15, 0.2) is 41.5 Å². The monoisotopic (exact) mass is 278 g/mol. The number of aromatic nitrogens is 3. The first-order valence-corrected chi connectivity index (χ1v) is 5.69. The van der Waals surface area contributed by atoms with Crippen LogP contribution in [0.5, 0.6) is 0 Å². The Balaban J connectivity index is 2.14. The molecule has 1 N–H and O–H groups in total. The van der Waals surface area contributed by atoms with Gasteiger partial charge in [0.2, 0.25) is 0 Å². The van der Waals surface area contributed by atoms with Crippen LogP contribution in [-0.4, -0.2) is 15.0 Å². The highest BCUT2D eigenvalue weighted by Crippen LogP contribution is 2.22. The molecule has 0 spiro atoms. The fourth-order valence-corrected chi connectivity index (χ4v) is 1.70. The smallest absolute Gasteiger partial charge is 0.129 e. The second kappa shape index (κ2) is 5.03. The zero-order valence-corrected chi connectivity index (χ0v) is 10.3. The van der Waals surface area contributed by atoms with E-state index in [1.807, 2.05) is 19.1 Å². The Labute approximate surface area is 102 Å². The zero-order valence-electron chi connectivity index (χ0n) is 8.76. The normalized spacial score (nSPS) is 12.1. The lowest BCUT2D eigenvalue weighted by Crippen LogP contribution is -2.09. The number of nitrogens with zero attached hydrogens (tertiary/aromatic N) is 3. The van der Waals surface area contributed by atoms with Gasteiger partial charge in [-0.3, -0.25) is 9.97 Å². The van der Waals surface area contributed by atoms with E-state index in [0.717, 1.165) is 16.0 Å². The molecule has 0 radical (unpaired) electrons. The Morgan fingerprint density at radius 3 is 2.81 bits per heavy atom. The van der Waals surface area contributed by atoms with E-state index >= 15 is 0 Å². The van der Waals surface area contributed by atoms with Gasteiger partial charge < -0.3 is 5.32 Å². The molecule has 0 aliphatic heterocycles. The number of hydrogen-bond acceptors (Lipinski definition) is 4. The Bertz CT molecular complexity index is 461. The van der Waals surface area contributed by atoms with Crippen molar-refractivity contribution in [1.82, 2.24) is 15.0 Å². The van der Waals surface area contributed by atoms with Crippen molar-refractivity contribution in [2.24, 2.45) is 0 Å². The lowest BCUT2D eigenvalue weighted by Gasteiger charge is -2.14. The van der Waals surface area contributed by atoms with Crippen LogP contribution in [0, 0.1) is 0 Å². The maximum atomic E-state index is 4.24. The molecule has 2 aromatic heterocycles. The Morgan fingerprint density at radius 2 is 2.12 bits per heavy atom. The summed E-state index contributed by atoms with van der Waals surface area (Å²) in [6, 6.07) is 3.94. The van der Waals surface area contributed by atoms with Gasteiger partial charge in [0.15, 0.2) is 0 Å². The van der Waals surface area contributed by atoms with E-state index in [1.165, 1.54) is 0 Å². The van der Waals surface area contributed by atoms with Crippen LogP contribution in [0.2, 0.25) is 0 Å². The Morgan fingerprint density at radius 1 is 1.25 bits per heavy atom. The maximum absolute atomic E-state index is 4.24. The molecular weight excluding hydrogens is 268 g/mol. The van der Waals surface area contributed by atoms with Crippen molar-refractivity contribution in [3.05, 3.63) is 47.2 Å². The average Bonchev–Trinajstić information content (AvgIpc) is 2.33. The van der Waals surface area contributed by atoms with Gasteiger partial charge in [-0.2, -0.15) is 0 Å².